The molecule has 0 bridgehead atoms. The molecule has 0 unspecified atom stereocenters. The van der Waals surface area contributed by atoms with Crippen LogP contribution in [0, 0.1) is 0 Å². The quantitative estimate of drug-likeness (QED) is 0.636. The number of aliphatic hydroxyl groups excluding tert-OH is 1. The monoisotopic (exact) mass is 237 g/mol. The maximum absolute atomic E-state index is 9.25. The van der Waals surface area contributed by atoms with Gasteiger partial charge < -0.3 is 5.11 Å². The number of allylic oxidation sites excluding steroid dienone is 1. The van der Waals surface area contributed by atoms with E-state index in [4.69, 9.17) is 0 Å². The Kier molecular flexibility index (Phi) is 3.92. The molecule has 0 atom stereocenters. The van der Waals surface area contributed by atoms with E-state index in [9.17, 15) is 5.11 Å². The van der Waals surface area contributed by atoms with Gasteiger partial charge in [-0.3, -0.25) is 4.99 Å². The van der Waals surface area contributed by atoms with Gasteiger partial charge in [-0.25, -0.2) is 0 Å². The highest BCUT2D eigenvalue weighted by Gasteiger charge is 2.04. The summed E-state index contributed by atoms with van der Waals surface area (Å²) in [4.78, 5) is 4.37. The van der Waals surface area contributed by atoms with Gasteiger partial charge in [-0.05, 0) is 6.92 Å². The Bertz CT molecular complexity index is 511. The summed E-state index contributed by atoms with van der Waals surface area (Å²) < 4.78 is 0. The molecule has 2 nitrogen and oxygen atoms in total. The van der Waals surface area contributed by atoms with Crippen LogP contribution in [0.3, 0.4) is 0 Å². The molecule has 2 rings (SSSR count). The summed E-state index contributed by atoms with van der Waals surface area (Å²) in [7, 11) is 0. The van der Waals surface area contributed by atoms with Gasteiger partial charge in [0.15, 0.2) is 0 Å². The van der Waals surface area contributed by atoms with Gasteiger partial charge in [0.2, 0.25) is 0 Å². The molecule has 0 heterocycles. The summed E-state index contributed by atoms with van der Waals surface area (Å²) in [5.41, 5.74) is 2.91. The van der Waals surface area contributed by atoms with Crippen molar-refractivity contribution < 1.29 is 5.11 Å². The van der Waals surface area contributed by atoms with Crippen molar-refractivity contribution in [1.82, 2.24) is 0 Å². The molecule has 0 spiro atoms. The van der Waals surface area contributed by atoms with Crippen molar-refractivity contribution >= 4 is 5.71 Å². The fourth-order valence-corrected chi connectivity index (χ4v) is 1.67. The lowest BCUT2D eigenvalue weighted by Crippen LogP contribution is -2.02. The Labute approximate surface area is 107 Å². The fourth-order valence-electron chi connectivity index (χ4n) is 1.67. The second kappa shape index (κ2) is 5.82. The zero-order valence-corrected chi connectivity index (χ0v) is 10.2. The highest BCUT2D eigenvalue weighted by Crippen LogP contribution is 2.11. The lowest BCUT2D eigenvalue weighted by atomic mass is 10.0. The third-order valence-electron chi connectivity index (χ3n) is 2.47. The van der Waals surface area contributed by atoms with E-state index in [1.165, 1.54) is 6.20 Å². The number of nitrogens with zero attached hydrogens (tertiary/aromatic N) is 1. The number of rotatable bonds is 3. The number of aliphatic hydroxyl groups is 1. The lowest BCUT2D eigenvalue weighted by Gasteiger charge is -2.05. The first kappa shape index (κ1) is 12.1. The summed E-state index contributed by atoms with van der Waals surface area (Å²) in [5, 5.41) is 9.25. The lowest BCUT2D eigenvalue weighted by molar-refractivity contribution is 0.412. The minimum absolute atomic E-state index is 0.194. The zero-order chi connectivity index (χ0) is 12.8. The van der Waals surface area contributed by atoms with Crippen LogP contribution in [0.2, 0.25) is 0 Å². The van der Waals surface area contributed by atoms with Crippen LogP contribution in [-0.4, -0.2) is 10.8 Å². The van der Waals surface area contributed by atoms with Crippen LogP contribution in [0.1, 0.15) is 18.1 Å². The van der Waals surface area contributed by atoms with Gasteiger partial charge in [-0.15, -0.1) is 0 Å². The van der Waals surface area contributed by atoms with Gasteiger partial charge >= 0.3 is 0 Å². The normalized spacial score (nSPS) is 11.1. The molecule has 0 amide bonds. The molecule has 1 N–H and O–H groups in total. The van der Waals surface area contributed by atoms with E-state index in [-0.39, 0.29) is 5.76 Å². The Morgan fingerprint density at radius 2 is 1.33 bits per heavy atom. The standard InChI is InChI=1S/C16H15NO/c1-13(18)12-17-16(14-8-4-2-5-9-14)15-10-6-3-7-11-15/h2-12,18H,1H3. The molecule has 0 saturated heterocycles. The Hall–Kier alpha value is -2.35. The number of hydrogen-bond acceptors (Lipinski definition) is 2. The van der Waals surface area contributed by atoms with E-state index in [0.717, 1.165) is 16.8 Å². The van der Waals surface area contributed by atoms with Crippen LogP contribution in [0.5, 0.6) is 0 Å². The van der Waals surface area contributed by atoms with E-state index in [1.54, 1.807) is 6.92 Å². The van der Waals surface area contributed by atoms with Crippen molar-refractivity contribution in [2.75, 3.05) is 0 Å². The Morgan fingerprint density at radius 3 is 1.72 bits per heavy atom. The zero-order valence-electron chi connectivity index (χ0n) is 10.2. The topological polar surface area (TPSA) is 32.6 Å². The van der Waals surface area contributed by atoms with E-state index >= 15 is 0 Å². The summed E-state index contributed by atoms with van der Waals surface area (Å²) in [6.45, 7) is 1.61. The Balaban J connectivity index is 2.49. The van der Waals surface area contributed by atoms with Crippen LogP contribution in [0.25, 0.3) is 0 Å². The second-order valence-electron chi connectivity index (χ2n) is 3.98. The van der Waals surface area contributed by atoms with Crippen molar-refractivity contribution in [3.8, 4) is 0 Å². The molecule has 0 radical (unpaired) electrons. The van der Waals surface area contributed by atoms with E-state index in [1.807, 2.05) is 60.7 Å². The third-order valence-corrected chi connectivity index (χ3v) is 2.47. The second-order valence-corrected chi connectivity index (χ2v) is 3.98. The average Bonchev–Trinajstić information content (AvgIpc) is 2.41. The van der Waals surface area contributed by atoms with Crippen molar-refractivity contribution in [3.63, 3.8) is 0 Å². The molecular weight excluding hydrogens is 222 g/mol. The summed E-state index contributed by atoms with van der Waals surface area (Å²) in [6, 6.07) is 19.9. The highest BCUT2D eigenvalue weighted by atomic mass is 16.3. The molecule has 0 saturated carbocycles. The van der Waals surface area contributed by atoms with E-state index in [0.29, 0.717) is 0 Å². The highest BCUT2D eigenvalue weighted by molar-refractivity contribution is 6.13. The van der Waals surface area contributed by atoms with Crippen LogP contribution < -0.4 is 0 Å². The fraction of sp³-hybridized carbons (Fsp3) is 0.0625. The van der Waals surface area contributed by atoms with E-state index in [2.05, 4.69) is 4.99 Å². The summed E-state index contributed by atoms with van der Waals surface area (Å²) in [6.07, 6.45) is 1.47. The van der Waals surface area contributed by atoms with Gasteiger partial charge in [-0.2, -0.15) is 0 Å². The first-order valence-corrected chi connectivity index (χ1v) is 5.82. The van der Waals surface area contributed by atoms with E-state index < -0.39 is 0 Å². The van der Waals surface area contributed by atoms with Crippen LogP contribution in [0.15, 0.2) is 77.6 Å². The average molecular weight is 237 g/mol. The van der Waals surface area contributed by atoms with Gasteiger partial charge in [0.05, 0.1) is 11.9 Å². The van der Waals surface area contributed by atoms with Crippen molar-refractivity contribution in [1.29, 1.82) is 0 Å². The first-order valence-electron chi connectivity index (χ1n) is 5.82. The van der Waals surface area contributed by atoms with Crippen LogP contribution >= 0.6 is 0 Å². The first-order chi connectivity index (χ1) is 8.77. The minimum atomic E-state index is 0.194. The Morgan fingerprint density at radius 1 is 0.889 bits per heavy atom. The van der Waals surface area contributed by atoms with Crippen LogP contribution in [0.4, 0.5) is 0 Å². The molecular formula is C16H15NO. The molecule has 2 aromatic carbocycles. The van der Waals surface area contributed by atoms with Crippen LogP contribution in [-0.2, 0) is 0 Å². The minimum Gasteiger partial charge on any atom is -0.511 e. The van der Waals surface area contributed by atoms with Gasteiger partial charge in [-0.1, -0.05) is 60.7 Å². The molecule has 90 valence electrons. The van der Waals surface area contributed by atoms with Gasteiger partial charge in [0.25, 0.3) is 0 Å². The van der Waals surface area contributed by atoms with Gasteiger partial charge in [0, 0.05) is 11.1 Å². The molecule has 0 aliphatic heterocycles. The molecule has 0 aliphatic rings. The molecule has 2 aromatic rings. The molecule has 18 heavy (non-hydrogen) atoms. The smallest absolute Gasteiger partial charge is 0.107 e. The maximum Gasteiger partial charge on any atom is 0.107 e. The number of aliphatic imine (C=N–C) groups is 1. The molecule has 0 fully saturated rings. The predicted octanol–water partition coefficient (Wildman–Crippen LogP) is 3.94. The predicted molar refractivity (Wildman–Crippen MR) is 74.9 cm³/mol. The molecule has 0 aliphatic carbocycles. The summed E-state index contributed by atoms with van der Waals surface area (Å²) >= 11 is 0. The SMILES string of the molecule is CC(O)=CN=C(c1ccccc1)c1ccccc1. The number of benzene rings is 2. The third kappa shape index (κ3) is 3.08. The van der Waals surface area contributed by atoms with Crippen molar-refractivity contribution in [2.24, 2.45) is 4.99 Å². The largest absolute Gasteiger partial charge is 0.511 e. The number of hydrogen-bond donors (Lipinski definition) is 1. The molecule has 0 aromatic heterocycles. The van der Waals surface area contributed by atoms with Crippen molar-refractivity contribution in [3.05, 3.63) is 83.7 Å². The maximum atomic E-state index is 9.25. The van der Waals surface area contributed by atoms with Crippen molar-refractivity contribution in [2.45, 2.75) is 6.92 Å². The molecule has 2 heteroatoms. The summed E-state index contributed by atoms with van der Waals surface area (Å²) in [5.74, 6) is 0.194. The van der Waals surface area contributed by atoms with Gasteiger partial charge in [0.1, 0.15) is 5.76 Å².